The molecule has 158 valence electrons. The van der Waals surface area contributed by atoms with E-state index in [2.05, 4.69) is 5.32 Å². The molecule has 1 N–H and O–H groups in total. The number of ether oxygens (including phenoxy) is 2. The van der Waals surface area contributed by atoms with Crippen LogP contribution in [0.2, 0.25) is 0 Å². The number of rotatable bonds is 8. The Bertz CT molecular complexity index is 942. The predicted molar refractivity (Wildman–Crippen MR) is 113 cm³/mol. The Morgan fingerprint density at radius 3 is 2.40 bits per heavy atom. The van der Waals surface area contributed by atoms with Gasteiger partial charge in [0.05, 0.1) is 14.2 Å². The highest BCUT2D eigenvalue weighted by atomic mass is 16.5. The van der Waals surface area contributed by atoms with Gasteiger partial charge in [0.15, 0.2) is 0 Å². The first-order valence-corrected chi connectivity index (χ1v) is 9.60. The third kappa shape index (κ3) is 4.71. The van der Waals surface area contributed by atoms with E-state index in [1.54, 1.807) is 33.4 Å². The molecule has 0 spiro atoms. The average molecular weight is 411 g/mol. The molecular weight excluding hydrogens is 386 g/mol. The standard InChI is InChI=1S/C22H25N3O5/c1-24-14-21(27)25(22(24)28)12-4-5-20(26)23-16-8-11-19(30-3)18(13-16)15-6-9-17(29-2)10-7-15/h6-11,13H,4-5,12,14H2,1-3H3,(H,23,26). The number of urea groups is 1. The lowest BCUT2D eigenvalue weighted by Gasteiger charge is -2.14. The summed E-state index contributed by atoms with van der Waals surface area (Å²) < 4.78 is 10.6. The summed E-state index contributed by atoms with van der Waals surface area (Å²) in [5, 5.41) is 2.86. The normalized spacial score (nSPS) is 13.6. The molecule has 1 aliphatic heterocycles. The van der Waals surface area contributed by atoms with Crippen LogP contribution in [0.3, 0.4) is 0 Å². The van der Waals surface area contributed by atoms with E-state index in [-0.39, 0.29) is 37.4 Å². The summed E-state index contributed by atoms with van der Waals surface area (Å²) in [5.41, 5.74) is 2.41. The Hall–Kier alpha value is -3.55. The summed E-state index contributed by atoms with van der Waals surface area (Å²) in [4.78, 5) is 38.5. The van der Waals surface area contributed by atoms with Crippen LogP contribution in [0.1, 0.15) is 12.8 Å². The molecule has 0 atom stereocenters. The quantitative estimate of drug-likeness (QED) is 0.675. The van der Waals surface area contributed by atoms with E-state index in [1.165, 1.54) is 9.80 Å². The predicted octanol–water partition coefficient (Wildman–Crippen LogP) is 2.98. The fourth-order valence-corrected chi connectivity index (χ4v) is 3.29. The van der Waals surface area contributed by atoms with Gasteiger partial charge in [-0.3, -0.25) is 14.5 Å². The van der Waals surface area contributed by atoms with Gasteiger partial charge < -0.3 is 19.7 Å². The molecule has 2 aromatic carbocycles. The minimum atomic E-state index is -0.320. The molecule has 4 amide bonds. The minimum absolute atomic E-state index is 0.0883. The van der Waals surface area contributed by atoms with Gasteiger partial charge >= 0.3 is 6.03 Å². The molecule has 0 bridgehead atoms. The van der Waals surface area contributed by atoms with E-state index >= 15 is 0 Å². The molecule has 1 aliphatic rings. The number of nitrogens with one attached hydrogen (secondary N) is 1. The van der Waals surface area contributed by atoms with Crippen molar-refractivity contribution in [3.05, 3.63) is 42.5 Å². The van der Waals surface area contributed by atoms with Crippen LogP contribution >= 0.6 is 0 Å². The number of hydrogen-bond acceptors (Lipinski definition) is 5. The number of nitrogens with zero attached hydrogens (tertiary/aromatic N) is 2. The van der Waals surface area contributed by atoms with Crippen molar-refractivity contribution in [3.8, 4) is 22.6 Å². The van der Waals surface area contributed by atoms with Gasteiger partial charge in [0.2, 0.25) is 11.8 Å². The van der Waals surface area contributed by atoms with Crippen LogP contribution < -0.4 is 14.8 Å². The van der Waals surface area contributed by atoms with Crippen LogP contribution in [-0.4, -0.2) is 62.0 Å². The molecule has 3 rings (SSSR count). The molecule has 0 unspecified atom stereocenters. The molecule has 1 fully saturated rings. The number of benzene rings is 2. The summed E-state index contributed by atoms with van der Waals surface area (Å²) in [5.74, 6) is 1.02. The first-order chi connectivity index (χ1) is 14.4. The second kappa shape index (κ2) is 9.30. The molecule has 8 nitrogen and oxygen atoms in total. The number of likely N-dealkylation sites (N-methyl/N-ethyl adjacent to an activating group) is 1. The zero-order valence-corrected chi connectivity index (χ0v) is 17.3. The number of methoxy groups -OCH3 is 2. The van der Waals surface area contributed by atoms with Crippen LogP contribution in [-0.2, 0) is 9.59 Å². The molecular formula is C22H25N3O5. The van der Waals surface area contributed by atoms with Gasteiger partial charge in [-0.1, -0.05) is 12.1 Å². The maximum Gasteiger partial charge on any atom is 0.326 e. The lowest BCUT2D eigenvalue weighted by molar-refractivity contribution is -0.125. The number of carbonyl (C=O) groups excluding carboxylic acids is 3. The van der Waals surface area contributed by atoms with Crippen molar-refractivity contribution in [1.82, 2.24) is 9.80 Å². The summed E-state index contributed by atoms with van der Waals surface area (Å²) in [6.07, 6.45) is 0.601. The molecule has 8 heteroatoms. The number of amides is 4. The van der Waals surface area contributed by atoms with Crippen LogP contribution in [0.15, 0.2) is 42.5 Å². The zero-order chi connectivity index (χ0) is 21.7. The Morgan fingerprint density at radius 1 is 1.07 bits per heavy atom. The summed E-state index contributed by atoms with van der Waals surface area (Å²) >= 11 is 0. The van der Waals surface area contributed by atoms with Crippen molar-refractivity contribution in [2.75, 3.05) is 39.7 Å². The molecule has 1 heterocycles. The van der Waals surface area contributed by atoms with Crippen molar-refractivity contribution in [1.29, 1.82) is 0 Å². The number of imide groups is 1. The summed E-state index contributed by atoms with van der Waals surface area (Å²) in [6, 6.07) is 12.7. The highest BCUT2D eigenvalue weighted by Crippen LogP contribution is 2.33. The molecule has 30 heavy (non-hydrogen) atoms. The van der Waals surface area contributed by atoms with Crippen molar-refractivity contribution >= 4 is 23.5 Å². The molecule has 0 aromatic heterocycles. The Morgan fingerprint density at radius 2 is 1.80 bits per heavy atom. The zero-order valence-electron chi connectivity index (χ0n) is 17.3. The summed E-state index contributed by atoms with van der Waals surface area (Å²) in [6.45, 7) is 0.320. The molecule has 0 radical (unpaired) electrons. The second-order valence-electron chi connectivity index (χ2n) is 6.98. The SMILES string of the molecule is COc1ccc(-c2cc(NC(=O)CCCN3C(=O)CN(C)C3=O)ccc2OC)cc1. The molecule has 0 saturated carbocycles. The summed E-state index contributed by atoms with van der Waals surface area (Å²) in [7, 11) is 4.79. The van der Waals surface area contributed by atoms with Gasteiger partial charge in [0.25, 0.3) is 0 Å². The van der Waals surface area contributed by atoms with E-state index in [9.17, 15) is 14.4 Å². The maximum absolute atomic E-state index is 12.3. The first-order valence-electron chi connectivity index (χ1n) is 9.60. The van der Waals surface area contributed by atoms with Crippen LogP contribution in [0.5, 0.6) is 11.5 Å². The minimum Gasteiger partial charge on any atom is -0.497 e. The highest BCUT2D eigenvalue weighted by molar-refractivity contribution is 6.01. The lowest BCUT2D eigenvalue weighted by atomic mass is 10.0. The largest absolute Gasteiger partial charge is 0.497 e. The third-order valence-electron chi connectivity index (χ3n) is 4.90. The van der Waals surface area contributed by atoms with Crippen LogP contribution in [0, 0.1) is 0 Å². The monoisotopic (exact) mass is 411 g/mol. The number of anilines is 1. The van der Waals surface area contributed by atoms with Crippen LogP contribution in [0.4, 0.5) is 10.5 Å². The van der Waals surface area contributed by atoms with Gasteiger partial charge in [-0.2, -0.15) is 0 Å². The van der Waals surface area contributed by atoms with Gasteiger partial charge in [0.1, 0.15) is 18.0 Å². The Kier molecular flexibility index (Phi) is 6.56. The van der Waals surface area contributed by atoms with Crippen molar-refractivity contribution < 1.29 is 23.9 Å². The van der Waals surface area contributed by atoms with E-state index in [1.807, 2.05) is 30.3 Å². The van der Waals surface area contributed by atoms with Gasteiger partial charge in [-0.25, -0.2) is 4.79 Å². The van der Waals surface area contributed by atoms with Gasteiger partial charge in [-0.05, 0) is 42.3 Å². The smallest absolute Gasteiger partial charge is 0.326 e. The van der Waals surface area contributed by atoms with Gasteiger partial charge in [0, 0.05) is 31.3 Å². The molecule has 2 aromatic rings. The topological polar surface area (TPSA) is 88.2 Å². The van der Waals surface area contributed by atoms with E-state index in [0.29, 0.717) is 17.9 Å². The fourth-order valence-electron chi connectivity index (χ4n) is 3.29. The van der Waals surface area contributed by atoms with Gasteiger partial charge in [-0.15, -0.1) is 0 Å². The molecule has 0 aliphatic carbocycles. The highest BCUT2D eigenvalue weighted by Gasteiger charge is 2.32. The number of hydrogen-bond donors (Lipinski definition) is 1. The fraction of sp³-hybridized carbons (Fsp3) is 0.318. The first kappa shape index (κ1) is 21.2. The van der Waals surface area contributed by atoms with Crippen molar-refractivity contribution in [3.63, 3.8) is 0 Å². The lowest BCUT2D eigenvalue weighted by Crippen LogP contribution is -2.32. The van der Waals surface area contributed by atoms with Crippen molar-refractivity contribution in [2.24, 2.45) is 0 Å². The number of carbonyl (C=O) groups is 3. The third-order valence-corrected chi connectivity index (χ3v) is 4.90. The van der Waals surface area contributed by atoms with Crippen LogP contribution in [0.25, 0.3) is 11.1 Å². The Labute approximate surface area is 175 Å². The van der Waals surface area contributed by atoms with E-state index < -0.39 is 0 Å². The van der Waals surface area contributed by atoms with E-state index in [4.69, 9.17) is 9.47 Å². The van der Waals surface area contributed by atoms with Crippen molar-refractivity contribution in [2.45, 2.75) is 12.8 Å². The molecule has 1 saturated heterocycles. The second-order valence-corrected chi connectivity index (χ2v) is 6.98. The average Bonchev–Trinajstić information content (AvgIpc) is 2.99. The maximum atomic E-state index is 12.3. The van der Waals surface area contributed by atoms with E-state index in [0.717, 1.165) is 16.9 Å². The Balaban J connectivity index is 1.62.